The van der Waals surface area contributed by atoms with Crippen LogP contribution in [0, 0.1) is 0 Å². The van der Waals surface area contributed by atoms with Crippen molar-refractivity contribution in [1.82, 2.24) is 0 Å². The van der Waals surface area contributed by atoms with Gasteiger partial charge in [0.15, 0.2) is 6.10 Å². The van der Waals surface area contributed by atoms with E-state index in [0.29, 0.717) is 19.3 Å². The lowest BCUT2D eigenvalue weighted by Gasteiger charge is -2.18. The smallest absolute Gasteiger partial charge is 0.306 e. The summed E-state index contributed by atoms with van der Waals surface area (Å²) >= 11 is 0. The molecule has 0 heterocycles. The summed E-state index contributed by atoms with van der Waals surface area (Å²) in [6.07, 6.45) is 76.9. The highest BCUT2D eigenvalue weighted by Gasteiger charge is 2.19. The van der Waals surface area contributed by atoms with Gasteiger partial charge in [0.25, 0.3) is 0 Å². The van der Waals surface area contributed by atoms with Crippen LogP contribution in [0.2, 0.25) is 0 Å². The lowest BCUT2D eigenvalue weighted by atomic mass is 10.0. The first kappa shape index (κ1) is 70.4. The van der Waals surface area contributed by atoms with E-state index in [9.17, 15) is 14.4 Å². The monoisotopic (exact) mass is 1020 g/mol. The number of hydrogen-bond acceptors (Lipinski definition) is 6. The molecule has 0 aliphatic rings. The first-order valence-corrected chi connectivity index (χ1v) is 32.1. The molecular weight excluding hydrogens is 901 g/mol. The van der Waals surface area contributed by atoms with E-state index in [0.717, 1.165) is 89.9 Å². The molecule has 0 radical (unpaired) electrons. The van der Waals surface area contributed by atoms with Gasteiger partial charge in [0.2, 0.25) is 0 Å². The Kier molecular flexibility index (Phi) is 59.7. The maximum atomic E-state index is 12.9. The van der Waals surface area contributed by atoms with E-state index >= 15 is 0 Å². The van der Waals surface area contributed by atoms with Crippen molar-refractivity contribution in [3.05, 3.63) is 48.6 Å². The number of esters is 3. The molecule has 426 valence electrons. The molecule has 0 aromatic carbocycles. The van der Waals surface area contributed by atoms with Crippen molar-refractivity contribution in [2.75, 3.05) is 13.2 Å². The lowest BCUT2D eigenvalue weighted by molar-refractivity contribution is -0.167. The number of unbranched alkanes of at least 4 members (excludes halogenated alkanes) is 40. The number of rotatable bonds is 59. The highest BCUT2D eigenvalue weighted by Crippen LogP contribution is 2.18. The van der Waals surface area contributed by atoms with Gasteiger partial charge in [-0.2, -0.15) is 0 Å². The Morgan fingerprint density at radius 3 is 0.836 bits per heavy atom. The fraction of sp³-hybridized carbons (Fsp3) is 0.836. The van der Waals surface area contributed by atoms with E-state index in [2.05, 4.69) is 69.4 Å². The van der Waals surface area contributed by atoms with E-state index in [4.69, 9.17) is 14.2 Å². The summed E-state index contributed by atoms with van der Waals surface area (Å²) in [4.78, 5) is 38.3. The molecule has 1 unspecified atom stereocenters. The maximum absolute atomic E-state index is 12.9. The Morgan fingerprint density at radius 2 is 0.534 bits per heavy atom. The average molecular weight is 1020 g/mol. The van der Waals surface area contributed by atoms with Gasteiger partial charge < -0.3 is 14.2 Å². The van der Waals surface area contributed by atoms with Crippen LogP contribution in [0.25, 0.3) is 0 Å². The number of carbonyl (C=O) groups excluding carboxylic acids is 3. The van der Waals surface area contributed by atoms with Gasteiger partial charge in [-0.25, -0.2) is 0 Å². The minimum atomic E-state index is -0.774. The minimum Gasteiger partial charge on any atom is -0.462 e. The van der Waals surface area contributed by atoms with Crippen molar-refractivity contribution >= 4 is 17.9 Å². The lowest BCUT2D eigenvalue weighted by Crippen LogP contribution is -2.30. The predicted octanol–water partition coefficient (Wildman–Crippen LogP) is 21.8. The Morgan fingerprint density at radius 1 is 0.288 bits per heavy atom. The van der Waals surface area contributed by atoms with Crippen molar-refractivity contribution in [2.24, 2.45) is 0 Å². The zero-order chi connectivity index (χ0) is 52.9. The maximum Gasteiger partial charge on any atom is 0.306 e. The topological polar surface area (TPSA) is 78.9 Å². The molecule has 73 heavy (non-hydrogen) atoms. The minimum absolute atomic E-state index is 0.0715. The average Bonchev–Trinajstić information content (AvgIpc) is 3.39. The van der Waals surface area contributed by atoms with Crippen LogP contribution in [-0.4, -0.2) is 37.2 Å². The molecule has 6 heteroatoms. The SMILES string of the molecule is CC/C=C\C/C=C\C/C=C\C/C=C\CCCCCCCCCCC(=O)OC(COC(=O)CCCCCCCCCCCCC)COC(=O)CCCCCCCCCCCCCCCCCCCCCCCCC. The second-order valence-corrected chi connectivity index (χ2v) is 21.7. The fourth-order valence-corrected chi connectivity index (χ4v) is 9.56. The van der Waals surface area contributed by atoms with Crippen LogP contribution in [0.15, 0.2) is 48.6 Å². The summed E-state index contributed by atoms with van der Waals surface area (Å²) in [6.45, 7) is 6.57. The van der Waals surface area contributed by atoms with Gasteiger partial charge in [0, 0.05) is 19.3 Å². The molecule has 0 aliphatic heterocycles. The van der Waals surface area contributed by atoms with Gasteiger partial charge in [-0.3, -0.25) is 14.4 Å². The molecule has 0 spiro atoms. The summed E-state index contributed by atoms with van der Waals surface area (Å²) in [6, 6.07) is 0. The number of hydrogen-bond donors (Lipinski definition) is 0. The largest absolute Gasteiger partial charge is 0.462 e. The number of ether oxygens (including phenoxy) is 3. The molecule has 1 atom stereocenters. The summed E-state index contributed by atoms with van der Waals surface area (Å²) < 4.78 is 16.9. The molecule has 0 N–H and O–H groups in total. The molecule has 0 saturated heterocycles. The Hall–Kier alpha value is -2.63. The summed E-state index contributed by atoms with van der Waals surface area (Å²) in [7, 11) is 0. The summed E-state index contributed by atoms with van der Waals surface area (Å²) in [5.74, 6) is -0.859. The Bertz CT molecular complexity index is 1270. The second-order valence-electron chi connectivity index (χ2n) is 21.7. The molecule has 0 fully saturated rings. The van der Waals surface area contributed by atoms with Crippen molar-refractivity contribution in [3.8, 4) is 0 Å². The van der Waals surface area contributed by atoms with Crippen molar-refractivity contribution in [3.63, 3.8) is 0 Å². The summed E-state index contributed by atoms with van der Waals surface area (Å²) in [5.41, 5.74) is 0. The molecule has 0 bridgehead atoms. The zero-order valence-electron chi connectivity index (χ0n) is 48.9. The summed E-state index contributed by atoms with van der Waals surface area (Å²) in [5, 5.41) is 0. The van der Waals surface area contributed by atoms with Crippen LogP contribution in [0.1, 0.15) is 342 Å². The number of carbonyl (C=O) groups is 3. The molecule has 0 rings (SSSR count). The quantitative estimate of drug-likeness (QED) is 0.0261. The normalized spacial score (nSPS) is 12.3. The second kappa shape index (κ2) is 61.9. The molecule has 0 aliphatic carbocycles. The van der Waals surface area contributed by atoms with Gasteiger partial charge >= 0.3 is 17.9 Å². The van der Waals surface area contributed by atoms with E-state index in [1.165, 1.54) is 212 Å². The highest BCUT2D eigenvalue weighted by atomic mass is 16.6. The van der Waals surface area contributed by atoms with E-state index in [-0.39, 0.29) is 31.1 Å². The first-order chi connectivity index (χ1) is 36.0. The van der Waals surface area contributed by atoms with Gasteiger partial charge in [-0.15, -0.1) is 0 Å². The van der Waals surface area contributed by atoms with Gasteiger partial charge in [-0.1, -0.05) is 313 Å². The molecular formula is C67H122O6. The van der Waals surface area contributed by atoms with Crippen LogP contribution in [-0.2, 0) is 28.6 Å². The van der Waals surface area contributed by atoms with Crippen molar-refractivity contribution < 1.29 is 28.6 Å². The van der Waals surface area contributed by atoms with Crippen LogP contribution >= 0.6 is 0 Å². The molecule has 0 amide bonds. The van der Waals surface area contributed by atoms with E-state index in [1.54, 1.807) is 0 Å². The molecule has 0 aromatic heterocycles. The van der Waals surface area contributed by atoms with E-state index < -0.39 is 6.10 Å². The van der Waals surface area contributed by atoms with Crippen LogP contribution in [0.3, 0.4) is 0 Å². The third-order valence-electron chi connectivity index (χ3n) is 14.3. The van der Waals surface area contributed by atoms with E-state index in [1.807, 2.05) is 0 Å². The molecule has 0 aromatic rings. The van der Waals surface area contributed by atoms with Crippen LogP contribution in [0.5, 0.6) is 0 Å². The zero-order valence-corrected chi connectivity index (χ0v) is 48.9. The van der Waals surface area contributed by atoms with Crippen LogP contribution in [0.4, 0.5) is 0 Å². The van der Waals surface area contributed by atoms with Gasteiger partial charge in [-0.05, 0) is 57.8 Å². The molecule has 6 nitrogen and oxygen atoms in total. The van der Waals surface area contributed by atoms with Gasteiger partial charge in [0.1, 0.15) is 13.2 Å². The fourth-order valence-electron chi connectivity index (χ4n) is 9.56. The van der Waals surface area contributed by atoms with Crippen molar-refractivity contribution in [2.45, 2.75) is 348 Å². The molecule has 0 saturated carbocycles. The standard InChI is InChI=1S/C67H122O6/c1-4-7-10-13-16-19-22-24-26-28-30-32-33-35-36-38-40-42-45-48-51-54-57-60-66(69)72-63-64(62-71-65(68)59-56-53-50-47-44-21-18-15-12-9-6-3)73-67(70)61-58-55-52-49-46-43-41-39-37-34-31-29-27-25-23-20-17-14-11-8-5-2/h8,11,17,20,25,27,31,34,64H,4-7,9-10,12-16,18-19,21-24,26,28-30,32-33,35-63H2,1-3H3/b11-8-,20-17-,27-25-,34-31-. The third-order valence-corrected chi connectivity index (χ3v) is 14.3. The van der Waals surface area contributed by atoms with Crippen LogP contribution < -0.4 is 0 Å². The Labute approximate surface area is 454 Å². The third kappa shape index (κ3) is 60.1. The van der Waals surface area contributed by atoms with Crippen molar-refractivity contribution in [1.29, 1.82) is 0 Å². The predicted molar refractivity (Wildman–Crippen MR) is 316 cm³/mol. The highest BCUT2D eigenvalue weighted by molar-refractivity contribution is 5.71. The first-order valence-electron chi connectivity index (χ1n) is 32.1. The number of allylic oxidation sites excluding steroid dienone is 8. The Balaban J connectivity index is 4.24. The van der Waals surface area contributed by atoms with Gasteiger partial charge in [0.05, 0.1) is 0 Å².